The molecule has 0 N–H and O–H groups in total. The fourth-order valence-electron chi connectivity index (χ4n) is 1.68. The quantitative estimate of drug-likeness (QED) is 0.482. The second kappa shape index (κ2) is 5.39. The van der Waals surface area contributed by atoms with Gasteiger partial charge in [-0.15, -0.1) is 13.2 Å². The summed E-state index contributed by atoms with van der Waals surface area (Å²) in [5.74, 6) is -1.43. The van der Waals surface area contributed by atoms with E-state index in [1.165, 1.54) is 18.2 Å². The number of benzene rings is 2. The van der Waals surface area contributed by atoms with Gasteiger partial charge in [0.15, 0.2) is 0 Å². The van der Waals surface area contributed by atoms with Crippen LogP contribution in [-0.2, 0) is 0 Å². The summed E-state index contributed by atoms with van der Waals surface area (Å²) in [4.78, 5) is 9.63. The van der Waals surface area contributed by atoms with Crippen molar-refractivity contribution in [2.75, 3.05) is 0 Å². The second-order valence-corrected chi connectivity index (χ2v) is 4.00. The Bertz CT molecular complexity index is 668. The third kappa shape index (κ3) is 3.68. The number of rotatable bonds is 3. The van der Waals surface area contributed by atoms with E-state index in [0.717, 1.165) is 24.3 Å². The van der Waals surface area contributed by atoms with Crippen LogP contribution in [0.1, 0.15) is 0 Å². The highest BCUT2D eigenvalue weighted by molar-refractivity contribution is 5.65. The lowest BCUT2D eigenvalue weighted by Crippen LogP contribution is -2.16. The summed E-state index contributed by atoms with van der Waals surface area (Å²) in [7, 11) is 0. The lowest BCUT2D eigenvalue weighted by Gasteiger charge is -2.09. The molecule has 0 heterocycles. The number of nitro benzene ring substituents is 1. The van der Waals surface area contributed by atoms with Gasteiger partial charge in [-0.2, -0.15) is 4.39 Å². The lowest BCUT2D eigenvalue weighted by atomic mass is 10.1. The van der Waals surface area contributed by atoms with Crippen LogP contribution >= 0.6 is 0 Å². The van der Waals surface area contributed by atoms with Gasteiger partial charge in [0, 0.05) is 6.07 Å². The zero-order valence-corrected chi connectivity index (χ0v) is 10.2. The number of hydrogen-bond acceptors (Lipinski definition) is 3. The molecule has 21 heavy (non-hydrogen) atoms. The van der Waals surface area contributed by atoms with E-state index in [2.05, 4.69) is 4.74 Å². The standard InChI is InChI=1S/C13H7F4NO3/c14-11-7-9(3-6-12(11)18(19)20)8-1-4-10(5-2-8)21-13(15,16)17/h1-7H. The Morgan fingerprint density at radius 1 is 1.00 bits per heavy atom. The fourth-order valence-corrected chi connectivity index (χ4v) is 1.68. The molecule has 8 heteroatoms. The summed E-state index contributed by atoms with van der Waals surface area (Å²) in [6, 6.07) is 7.97. The molecule has 0 spiro atoms. The van der Waals surface area contributed by atoms with E-state index in [1.807, 2.05) is 0 Å². The van der Waals surface area contributed by atoms with Crippen molar-refractivity contribution in [2.24, 2.45) is 0 Å². The van der Waals surface area contributed by atoms with Crippen LogP contribution in [0, 0.1) is 15.9 Å². The Kier molecular flexibility index (Phi) is 3.79. The molecule has 110 valence electrons. The first-order chi connectivity index (χ1) is 9.76. The highest BCUT2D eigenvalue weighted by Crippen LogP contribution is 2.28. The Balaban J connectivity index is 2.27. The van der Waals surface area contributed by atoms with Gasteiger partial charge >= 0.3 is 12.0 Å². The minimum Gasteiger partial charge on any atom is -0.406 e. The molecule has 0 atom stereocenters. The van der Waals surface area contributed by atoms with Gasteiger partial charge in [0.05, 0.1) is 4.92 Å². The molecule has 0 unspecified atom stereocenters. The van der Waals surface area contributed by atoms with E-state index in [1.54, 1.807) is 0 Å². The van der Waals surface area contributed by atoms with Gasteiger partial charge in [-0.05, 0) is 35.4 Å². The third-order valence-corrected chi connectivity index (χ3v) is 2.57. The fraction of sp³-hybridized carbons (Fsp3) is 0.0769. The highest BCUT2D eigenvalue weighted by Gasteiger charge is 2.30. The van der Waals surface area contributed by atoms with Gasteiger partial charge in [0.2, 0.25) is 5.82 Å². The number of nitro groups is 1. The minimum absolute atomic E-state index is 0.302. The van der Waals surface area contributed by atoms with Gasteiger partial charge in [0.25, 0.3) is 0 Å². The summed E-state index contributed by atoms with van der Waals surface area (Å²) >= 11 is 0. The van der Waals surface area contributed by atoms with Crippen LogP contribution in [0.5, 0.6) is 5.75 Å². The molecule has 0 bridgehead atoms. The van der Waals surface area contributed by atoms with Gasteiger partial charge in [-0.1, -0.05) is 12.1 Å². The van der Waals surface area contributed by atoms with Crippen LogP contribution in [0.4, 0.5) is 23.2 Å². The zero-order chi connectivity index (χ0) is 15.6. The van der Waals surface area contributed by atoms with Crippen molar-refractivity contribution in [1.29, 1.82) is 0 Å². The summed E-state index contributed by atoms with van der Waals surface area (Å²) in [6.45, 7) is 0. The van der Waals surface area contributed by atoms with Crippen LogP contribution in [0.15, 0.2) is 42.5 Å². The van der Waals surface area contributed by atoms with Crippen molar-refractivity contribution in [3.63, 3.8) is 0 Å². The van der Waals surface area contributed by atoms with Crippen molar-refractivity contribution < 1.29 is 27.2 Å². The average molecular weight is 301 g/mol. The maximum atomic E-state index is 13.5. The van der Waals surface area contributed by atoms with Gasteiger partial charge in [0.1, 0.15) is 5.75 Å². The largest absolute Gasteiger partial charge is 0.573 e. The number of hydrogen-bond donors (Lipinski definition) is 0. The number of alkyl halides is 3. The topological polar surface area (TPSA) is 52.4 Å². The second-order valence-electron chi connectivity index (χ2n) is 4.00. The van der Waals surface area contributed by atoms with Crippen molar-refractivity contribution in [3.8, 4) is 16.9 Å². The van der Waals surface area contributed by atoms with Crippen LogP contribution in [0.2, 0.25) is 0 Å². The molecule has 2 rings (SSSR count). The monoisotopic (exact) mass is 301 g/mol. The number of ether oxygens (including phenoxy) is 1. The van der Waals surface area contributed by atoms with Crippen molar-refractivity contribution in [1.82, 2.24) is 0 Å². The molecule has 0 aromatic heterocycles. The van der Waals surface area contributed by atoms with Gasteiger partial charge in [-0.3, -0.25) is 10.1 Å². The molecular formula is C13H7F4NO3. The van der Waals surface area contributed by atoms with Crippen molar-refractivity contribution in [3.05, 3.63) is 58.4 Å². The van der Waals surface area contributed by atoms with Gasteiger partial charge < -0.3 is 4.74 Å². The third-order valence-electron chi connectivity index (χ3n) is 2.57. The first-order valence-corrected chi connectivity index (χ1v) is 5.56. The summed E-state index contributed by atoms with van der Waals surface area (Å²) in [5, 5.41) is 10.5. The van der Waals surface area contributed by atoms with E-state index < -0.39 is 28.5 Å². The maximum Gasteiger partial charge on any atom is 0.573 e. The first-order valence-electron chi connectivity index (χ1n) is 5.56. The van der Waals surface area contributed by atoms with Crippen LogP contribution in [-0.4, -0.2) is 11.3 Å². The SMILES string of the molecule is O=[N+]([O-])c1ccc(-c2ccc(OC(F)(F)F)cc2)cc1F. The molecular weight excluding hydrogens is 294 g/mol. The van der Waals surface area contributed by atoms with E-state index >= 15 is 0 Å². The predicted octanol–water partition coefficient (Wildman–Crippen LogP) is 4.30. The minimum atomic E-state index is -4.79. The smallest absolute Gasteiger partial charge is 0.406 e. The van der Waals surface area contributed by atoms with Gasteiger partial charge in [-0.25, -0.2) is 0 Å². The highest BCUT2D eigenvalue weighted by atomic mass is 19.4. The van der Waals surface area contributed by atoms with E-state index in [9.17, 15) is 27.7 Å². The first kappa shape index (κ1) is 14.8. The summed E-state index contributed by atoms with van der Waals surface area (Å²) in [5.41, 5.74) is 0.0331. The lowest BCUT2D eigenvalue weighted by molar-refractivity contribution is -0.387. The van der Waals surface area contributed by atoms with E-state index in [4.69, 9.17) is 0 Å². The molecule has 0 aliphatic rings. The summed E-state index contributed by atoms with van der Waals surface area (Å²) < 4.78 is 53.2. The Hall–Kier alpha value is -2.64. The number of halogens is 4. The molecule has 0 saturated heterocycles. The average Bonchev–Trinajstić information content (AvgIpc) is 2.37. The van der Waals surface area contributed by atoms with Crippen LogP contribution in [0.3, 0.4) is 0 Å². The van der Waals surface area contributed by atoms with E-state index in [-0.39, 0.29) is 0 Å². The molecule has 2 aromatic rings. The molecule has 2 aromatic carbocycles. The molecule has 0 aliphatic heterocycles. The Morgan fingerprint density at radius 3 is 2.05 bits per heavy atom. The predicted molar refractivity (Wildman–Crippen MR) is 65.2 cm³/mol. The van der Waals surface area contributed by atoms with Crippen LogP contribution in [0.25, 0.3) is 11.1 Å². The van der Waals surface area contributed by atoms with Crippen molar-refractivity contribution in [2.45, 2.75) is 6.36 Å². The molecule has 0 amide bonds. The summed E-state index contributed by atoms with van der Waals surface area (Å²) in [6.07, 6.45) is -4.79. The number of nitrogens with zero attached hydrogens (tertiary/aromatic N) is 1. The maximum absolute atomic E-state index is 13.5. The Labute approximate surface area is 115 Å². The van der Waals surface area contributed by atoms with Crippen LogP contribution < -0.4 is 4.74 Å². The van der Waals surface area contributed by atoms with E-state index in [0.29, 0.717) is 11.1 Å². The molecule has 0 fully saturated rings. The molecule has 0 saturated carbocycles. The van der Waals surface area contributed by atoms with Crippen molar-refractivity contribution >= 4 is 5.69 Å². The zero-order valence-electron chi connectivity index (χ0n) is 10.2. The molecule has 4 nitrogen and oxygen atoms in total. The Morgan fingerprint density at radius 2 is 1.57 bits per heavy atom. The molecule has 0 radical (unpaired) electrons. The molecule has 0 aliphatic carbocycles. The normalized spacial score (nSPS) is 11.2.